The second kappa shape index (κ2) is 4.41. The van der Waals surface area contributed by atoms with E-state index in [1.54, 1.807) is 0 Å². The van der Waals surface area contributed by atoms with Gasteiger partial charge in [-0.3, -0.25) is 4.90 Å². The summed E-state index contributed by atoms with van der Waals surface area (Å²) in [5, 5.41) is 7.41. The van der Waals surface area contributed by atoms with Crippen molar-refractivity contribution in [1.82, 2.24) is 19.4 Å². The molecule has 18 heavy (non-hydrogen) atoms. The average Bonchev–Trinajstić information content (AvgIpc) is 2.96. The van der Waals surface area contributed by atoms with Crippen molar-refractivity contribution in [3.63, 3.8) is 0 Å². The fourth-order valence-electron chi connectivity index (χ4n) is 2.62. The number of fused-ring (bicyclic) bond motifs is 1. The monoisotopic (exact) mass is 289 g/mol. The highest BCUT2D eigenvalue weighted by atomic mass is 32.2. The SMILES string of the molecule is Nc1nnc(S(=O)(=O)N2CCN3CCCC3C2)s1. The van der Waals surface area contributed by atoms with Gasteiger partial charge in [0.15, 0.2) is 0 Å². The second-order valence-electron chi connectivity index (χ2n) is 4.60. The van der Waals surface area contributed by atoms with Crippen molar-refractivity contribution in [2.24, 2.45) is 0 Å². The van der Waals surface area contributed by atoms with Gasteiger partial charge in [0.05, 0.1) is 0 Å². The molecule has 0 aliphatic carbocycles. The number of nitrogens with zero attached hydrogens (tertiary/aromatic N) is 4. The highest BCUT2D eigenvalue weighted by Crippen LogP contribution is 2.27. The number of aromatic nitrogens is 2. The van der Waals surface area contributed by atoms with Gasteiger partial charge >= 0.3 is 0 Å². The summed E-state index contributed by atoms with van der Waals surface area (Å²) in [6.07, 6.45) is 2.23. The van der Waals surface area contributed by atoms with Crippen LogP contribution in [-0.4, -0.2) is 60.0 Å². The largest absolute Gasteiger partial charge is 0.374 e. The Morgan fingerprint density at radius 2 is 2.11 bits per heavy atom. The zero-order valence-corrected chi connectivity index (χ0v) is 11.5. The maximum Gasteiger partial charge on any atom is 0.272 e. The lowest BCUT2D eigenvalue weighted by Gasteiger charge is -2.35. The Morgan fingerprint density at radius 1 is 1.28 bits per heavy atom. The Hall–Kier alpha value is -0.770. The van der Waals surface area contributed by atoms with E-state index in [9.17, 15) is 8.42 Å². The summed E-state index contributed by atoms with van der Waals surface area (Å²) in [6, 6.07) is 0.360. The first kappa shape index (κ1) is 12.3. The van der Waals surface area contributed by atoms with Crippen LogP contribution in [0.3, 0.4) is 0 Å². The number of anilines is 1. The maximum absolute atomic E-state index is 12.3. The van der Waals surface area contributed by atoms with E-state index < -0.39 is 10.0 Å². The van der Waals surface area contributed by atoms with Gasteiger partial charge in [0.25, 0.3) is 10.0 Å². The van der Waals surface area contributed by atoms with Gasteiger partial charge in [-0.05, 0) is 19.4 Å². The van der Waals surface area contributed by atoms with E-state index in [2.05, 4.69) is 15.1 Å². The molecule has 3 heterocycles. The van der Waals surface area contributed by atoms with Gasteiger partial charge in [0.2, 0.25) is 9.47 Å². The number of hydrogen-bond acceptors (Lipinski definition) is 7. The quantitative estimate of drug-likeness (QED) is 0.795. The summed E-state index contributed by atoms with van der Waals surface area (Å²) >= 11 is 0.926. The van der Waals surface area contributed by atoms with Crippen LogP contribution in [0, 0.1) is 0 Å². The van der Waals surface area contributed by atoms with Crippen molar-refractivity contribution in [2.75, 3.05) is 31.9 Å². The van der Waals surface area contributed by atoms with Crippen molar-refractivity contribution >= 4 is 26.5 Å². The molecule has 2 aliphatic rings. The normalized spacial score (nSPS) is 26.3. The molecular weight excluding hydrogens is 274 g/mol. The van der Waals surface area contributed by atoms with Gasteiger partial charge in [0.1, 0.15) is 0 Å². The molecule has 0 saturated carbocycles. The molecule has 1 unspecified atom stereocenters. The number of nitrogen functional groups attached to an aromatic ring is 1. The van der Waals surface area contributed by atoms with Crippen LogP contribution in [-0.2, 0) is 10.0 Å². The molecular formula is C9H15N5O2S2. The van der Waals surface area contributed by atoms with Gasteiger partial charge in [-0.15, -0.1) is 10.2 Å². The highest BCUT2D eigenvalue weighted by Gasteiger charge is 2.37. The summed E-state index contributed by atoms with van der Waals surface area (Å²) in [5.74, 6) is 0. The molecule has 0 spiro atoms. The molecule has 1 aromatic rings. The van der Waals surface area contributed by atoms with E-state index >= 15 is 0 Å². The third kappa shape index (κ3) is 2.00. The predicted molar refractivity (Wildman–Crippen MR) is 67.7 cm³/mol. The van der Waals surface area contributed by atoms with Crippen molar-refractivity contribution in [3.05, 3.63) is 0 Å². The Bertz CT molecular complexity index is 543. The van der Waals surface area contributed by atoms with E-state index in [0.29, 0.717) is 19.1 Å². The molecule has 2 N–H and O–H groups in total. The molecule has 0 bridgehead atoms. The minimum absolute atomic E-state index is 0.00597. The van der Waals surface area contributed by atoms with Crippen LogP contribution >= 0.6 is 11.3 Å². The van der Waals surface area contributed by atoms with E-state index in [4.69, 9.17) is 5.73 Å². The van der Waals surface area contributed by atoms with Crippen molar-refractivity contribution in [3.8, 4) is 0 Å². The lowest BCUT2D eigenvalue weighted by Crippen LogP contribution is -2.51. The maximum atomic E-state index is 12.3. The van der Waals surface area contributed by atoms with Crippen molar-refractivity contribution in [2.45, 2.75) is 23.2 Å². The fraction of sp³-hybridized carbons (Fsp3) is 0.778. The summed E-state index contributed by atoms with van der Waals surface area (Å²) in [6.45, 7) is 2.97. The van der Waals surface area contributed by atoms with Gasteiger partial charge in [-0.25, -0.2) is 8.42 Å². The third-order valence-electron chi connectivity index (χ3n) is 3.53. The standard InChI is InChI=1S/C9H15N5O2S2/c10-8-11-12-9(17-8)18(15,16)14-5-4-13-3-1-2-7(13)6-14/h7H,1-6H2,(H2,10,11). The molecule has 0 radical (unpaired) electrons. The number of hydrogen-bond donors (Lipinski definition) is 1. The van der Waals surface area contributed by atoms with Gasteiger partial charge in [-0.1, -0.05) is 11.3 Å². The number of nitrogens with two attached hydrogens (primary N) is 1. The lowest BCUT2D eigenvalue weighted by molar-refractivity contribution is 0.158. The molecule has 0 aromatic carbocycles. The second-order valence-corrected chi connectivity index (χ2v) is 7.72. The van der Waals surface area contributed by atoms with Crippen molar-refractivity contribution in [1.29, 1.82) is 0 Å². The predicted octanol–water partition coefficient (Wildman–Crippen LogP) is -0.411. The Labute approximate surface area is 110 Å². The van der Waals surface area contributed by atoms with Crippen LogP contribution in [0.25, 0.3) is 0 Å². The van der Waals surface area contributed by atoms with Crippen LogP contribution < -0.4 is 5.73 Å². The molecule has 1 aromatic heterocycles. The minimum atomic E-state index is -3.51. The Balaban J connectivity index is 1.82. The molecule has 1 atom stereocenters. The van der Waals surface area contributed by atoms with Crippen LogP contribution in [0.2, 0.25) is 0 Å². The van der Waals surface area contributed by atoms with E-state index in [1.165, 1.54) is 4.31 Å². The summed E-state index contributed by atoms with van der Waals surface area (Å²) in [5.41, 5.74) is 5.44. The molecule has 100 valence electrons. The average molecular weight is 289 g/mol. The topological polar surface area (TPSA) is 92.4 Å². The first-order valence-electron chi connectivity index (χ1n) is 5.90. The number of sulfonamides is 1. The van der Waals surface area contributed by atoms with Crippen LogP contribution in [0.4, 0.5) is 5.13 Å². The molecule has 2 aliphatic heterocycles. The van der Waals surface area contributed by atoms with Crippen LogP contribution in [0.5, 0.6) is 0 Å². The number of rotatable bonds is 2. The van der Waals surface area contributed by atoms with E-state index in [-0.39, 0.29) is 9.47 Å². The highest BCUT2D eigenvalue weighted by molar-refractivity contribution is 7.91. The first-order valence-corrected chi connectivity index (χ1v) is 8.16. The fourth-order valence-corrected chi connectivity index (χ4v) is 5.01. The zero-order valence-electron chi connectivity index (χ0n) is 9.82. The third-order valence-corrected chi connectivity index (χ3v) is 6.50. The smallest absolute Gasteiger partial charge is 0.272 e. The molecule has 9 heteroatoms. The first-order chi connectivity index (χ1) is 8.57. The van der Waals surface area contributed by atoms with Crippen molar-refractivity contribution < 1.29 is 8.42 Å². The van der Waals surface area contributed by atoms with Crippen LogP contribution in [0.1, 0.15) is 12.8 Å². The van der Waals surface area contributed by atoms with Gasteiger partial charge < -0.3 is 5.73 Å². The van der Waals surface area contributed by atoms with Crippen LogP contribution in [0.15, 0.2) is 4.34 Å². The molecule has 2 fully saturated rings. The van der Waals surface area contributed by atoms with Gasteiger partial charge in [-0.2, -0.15) is 4.31 Å². The molecule has 2 saturated heterocycles. The van der Waals surface area contributed by atoms with E-state index in [0.717, 1.165) is 37.3 Å². The summed E-state index contributed by atoms with van der Waals surface area (Å²) in [4.78, 5) is 2.36. The van der Waals surface area contributed by atoms with E-state index in [1.807, 2.05) is 0 Å². The van der Waals surface area contributed by atoms with Gasteiger partial charge in [0, 0.05) is 25.7 Å². The number of piperazine rings is 1. The molecule has 0 amide bonds. The lowest BCUT2D eigenvalue weighted by atomic mass is 10.2. The summed E-state index contributed by atoms with van der Waals surface area (Å²) < 4.78 is 26.2. The molecule has 7 nitrogen and oxygen atoms in total. The zero-order chi connectivity index (χ0) is 12.8. The summed E-state index contributed by atoms with van der Waals surface area (Å²) in [7, 11) is -3.51. The molecule has 3 rings (SSSR count). The Morgan fingerprint density at radius 3 is 2.83 bits per heavy atom. The minimum Gasteiger partial charge on any atom is -0.374 e. The Kier molecular flexibility index (Phi) is 3.00.